The summed E-state index contributed by atoms with van der Waals surface area (Å²) in [7, 11) is 1.90. The van der Waals surface area contributed by atoms with Crippen LogP contribution in [0.25, 0.3) is 11.2 Å². The number of rotatable bonds is 1. The highest BCUT2D eigenvalue weighted by Gasteiger charge is 2.26. The van der Waals surface area contributed by atoms with Crippen molar-refractivity contribution in [1.82, 2.24) is 14.5 Å². The number of aryl methyl sites for hydroxylation is 1. The maximum Gasteiger partial charge on any atom is 0.259 e. The van der Waals surface area contributed by atoms with Gasteiger partial charge in [0, 0.05) is 30.4 Å². The molecule has 1 amide bonds. The van der Waals surface area contributed by atoms with Gasteiger partial charge in [-0.3, -0.25) is 4.79 Å². The second kappa shape index (κ2) is 5.94. The topological polar surface area (TPSA) is 51.0 Å². The van der Waals surface area contributed by atoms with Crippen LogP contribution in [0.4, 0.5) is 5.69 Å². The zero-order chi connectivity index (χ0) is 16.7. The molecule has 3 aromatic rings. The van der Waals surface area contributed by atoms with Crippen molar-refractivity contribution in [3.05, 3.63) is 48.4 Å². The molecular weight excluding hydrogens is 320 g/mol. The summed E-state index contributed by atoms with van der Waals surface area (Å²) in [5.41, 5.74) is 3.09. The summed E-state index contributed by atoms with van der Waals surface area (Å²) in [6.07, 6.45) is 3.36. The van der Waals surface area contributed by atoms with E-state index >= 15 is 0 Å². The van der Waals surface area contributed by atoms with Gasteiger partial charge in [-0.15, -0.1) is 11.8 Å². The number of amides is 1. The Labute approximate surface area is 144 Å². The number of hydrogen-bond donors (Lipinski definition) is 0. The lowest BCUT2D eigenvalue weighted by molar-refractivity contribution is 0.0983. The van der Waals surface area contributed by atoms with Crippen LogP contribution in [0.2, 0.25) is 0 Å². The van der Waals surface area contributed by atoms with Gasteiger partial charge >= 0.3 is 0 Å². The Morgan fingerprint density at radius 3 is 3.00 bits per heavy atom. The number of para-hydroxylation sites is 1. The Balaban J connectivity index is 1.76. The van der Waals surface area contributed by atoms with Gasteiger partial charge < -0.3 is 9.47 Å². The Kier molecular flexibility index (Phi) is 3.76. The lowest BCUT2D eigenvalue weighted by Crippen LogP contribution is -2.34. The summed E-state index contributed by atoms with van der Waals surface area (Å²) in [6, 6.07) is 9.93. The molecule has 0 fully saturated rings. The Hall–Kier alpha value is -2.34. The van der Waals surface area contributed by atoms with Gasteiger partial charge in [0.15, 0.2) is 5.65 Å². The van der Waals surface area contributed by atoms with Gasteiger partial charge in [0.2, 0.25) is 0 Å². The van der Waals surface area contributed by atoms with E-state index in [2.05, 4.69) is 23.0 Å². The van der Waals surface area contributed by atoms with Crippen molar-refractivity contribution in [2.45, 2.75) is 11.8 Å². The monoisotopic (exact) mass is 338 g/mol. The molecule has 0 radical (unpaired) electrons. The SMILES string of the molecule is C[C@H]1CSc2ccccc2N(C(=O)c2cnc3c(c2)ncn3C)C1. The maximum absolute atomic E-state index is 13.2. The van der Waals surface area contributed by atoms with Crippen molar-refractivity contribution in [3.8, 4) is 0 Å². The first-order valence-corrected chi connectivity index (χ1v) is 8.93. The van der Waals surface area contributed by atoms with Crippen molar-refractivity contribution < 1.29 is 4.79 Å². The van der Waals surface area contributed by atoms with E-state index in [-0.39, 0.29) is 5.91 Å². The van der Waals surface area contributed by atoms with E-state index < -0.39 is 0 Å². The lowest BCUT2D eigenvalue weighted by atomic mass is 10.1. The molecule has 1 atom stereocenters. The number of thioether (sulfide) groups is 1. The van der Waals surface area contributed by atoms with Crippen molar-refractivity contribution in [2.24, 2.45) is 13.0 Å². The van der Waals surface area contributed by atoms with Gasteiger partial charge in [-0.25, -0.2) is 9.97 Å². The third-order valence-electron chi connectivity index (χ3n) is 4.22. The molecule has 0 saturated heterocycles. The molecule has 122 valence electrons. The molecular formula is C18H18N4OS. The fourth-order valence-electron chi connectivity index (χ4n) is 2.98. The number of aromatic nitrogens is 3. The number of pyridine rings is 1. The average Bonchev–Trinajstić information content (AvgIpc) is 2.88. The standard InChI is InChI=1S/C18H18N4OS/c1-12-9-22(15-5-3-4-6-16(15)24-10-12)18(23)13-7-14-17(19-8-13)21(2)11-20-14/h3-8,11-12H,9-10H2,1-2H3/t12-/m1/s1. The minimum absolute atomic E-state index is 0.0168. The molecule has 4 rings (SSSR count). The van der Waals surface area contributed by atoms with Crippen LogP contribution in [0, 0.1) is 5.92 Å². The molecule has 0 bridgehead atoms. The quantitative estimate of drug-likeness (QED) is 0.683. The van der Waals surface area contributed by atoms with Crippen molar-refractivity contribution in [3.63, 3.8) is 0 Å². The molecule has 24 heavy (non-hydrogen) atoms. The van der Waals surface area contributed by atoms with E-state index in [1.807, 2.05) is 52.5 Å². The molecule has 0 spiro atoms. The van der Waals surface area contributed by atoms with Crippen molar-refractivity contribution in [2.75, 3.05) is 17.2 Å². The third kappa shape index (κ3) is 2.57. The highest BCUT2D eigenvalue weighted by molar-refractivity contribution is 7.99. The van der Waals surface area contributed by atoms with Gasteiger partial charge in [-0.05, 0) is 24.1 Å². The molecule has 1 aliphatic rings. The molecule has 0 aliphatic carbocycles. The molecule has 6 heteroatoms. The minimum Gasteiger partial charge on any atom is -0.318 e. The summed E-state index contributed by atoms with van der Waals surface area (Å²) in [6.45, 7) is 2.89. The number of benzene rings is 1. The van der Waals surface area contributed by atoms with Crippen LogP contribution in [-0.2, 0) is 7.05 Å². The Morgan fingerprint density at radius 2 is 2.12 bits per heavy atom. The predicted molar refractivity (Wildman–Crippen MR) is 96.5 cm³/mol. The van der Waals surface area contributed by atoms with Crippen LogP contribution in [0.1, 0.15) is 17.3 Å². The van der Waals surface area contributed by atoms with E-state index in [1.54, 1.807) is 12.5 Å². The molecule has 2 aromatic heterocycles. The van der Waals surface area contributed by atoms with Crippen molar-refractivity contribution in [1.29, 1.82) is 0 Å². The zero-order valence-electron chi connectivity index (χ0n) is 13.6. The first kappa shape index (κ1) is 15.2. The molecule has 5 nitrogen and oxygen atoms in total. The average molecular weight is 338 g/mol. The molecule has 0 saturated carbocycles. The summed E-state index contributed by atoms with van der Waals surface area (Å²) in [4.78, 5) is 24.9. The maximum atomic E-state index is 13.2. The molecule has 3 heterocycles. The highest BCUT2D eigenvalue weighted by atomic mass is 32.2. The number of hydrogen-bond acceptors (Lipinski definition) is 4. The second-order valence-electron chi connectivity index (χ2n) is 6.22. The zero-order valence-corrected chi connectivity index (χ0v) is 14.5. The van der Waals surface area contributed by atoms with Crippen LogP contribution < -0.4 is 4.90 Å². The van der Waals surface area contributed by atoms with Crippen LogP contribution >= 0.6 is 11.8 Å². The Bertz CT molecular complexity index is 920. The number of imidazole rings is 1. The van der Waals surface area contributed by atoms with Crippen LogP contribution in [0.5, 0.6) is 0 Å². The number of anilines is 1. The smallest absolute Gasteiger partial charge is 0.259 e. The first-order valence-electron chi connectivity index (χ1n) is 7.94. The lowest BCUT2D eigenvalue weighted by Gasteiger charge is -2.24. The fraction of sp³-hybridized carbons (Fsp3) is 0.278. The normalized spacial score (nSPS) is 17.6. The van der Waals surface area contributed by atoms with E-state index in [0.717, 1.165) is 27.5 Å². The van der Waals surface area contributed by atoms with Crippen LogP contribution in [0.15, 0.2) is 47.8 Å². The highest BCUT2D eigenvalue weighted by Crippen LogP contribution is 2.36. The molecule has 1 aliphatic heterocycles. The van der Waals surface area contributed by atoms with Crippen LogP contribution in [-0.4, -0.2) is 32.7 Å². The predicted octanol–water partition coefficient (Wildman–Crippen LogP) is 3.36. The second-order valence-corrected chi connectivity index (χ2v) is 7.28. The first-order chi connectivity index (χ1) is 11.6. The summed E-state index contributed by atoms with van der Waals surface area (Å²) >= 11 is 1.81. The fourth-order valence-corrected chi connectivity index (χ4v) is 4.05. The van der Waals surface area contributed by atoms with E-state index in [0.29, 0.717) is 18.0 Å². The van der Waals surface area contributed by atoms with E-state index in [1.165, 1.54) is 0 Å². The number of carbonyl (C=O) groups excluding carboxylic acids is 1. The molecule has 0 N–H and O–H groups in total. The third-order valence-corrected chi connectivity index (χ3v) is 5.61. The van der Waals surface area contributed by atoms with Gasteiger partial charge in [-0.2, -0.15) is 0 Å². The summed E-state index contributed by atoms with van der Waals surface area (Å²) < 4.78 is 1.85. The Morgan fingerprint density at radius 1 is 1.29 bits per heavy atom. The van der Waals surface area contributed by atoms with Gasteiger partial charge in [-0.1, -0.05) is 19.1 Å². The number of nitrogens with zero attached hydrogens (tertiary/aromatic N) is 4. The van der Waals surface area contributed by atoms with Gasteiger partial charge in [0.25, 0.3) is 5.91 Å². The van der Waals surface area contributed by atoms with Gasteiger partial charge in [0.05, 0.1) is 17.6 Å². The van der Waals surface area contributed by atoms with Crippen LogP contribution in [0.3, 0.4) is 0 Å². The summed E-state index contributed by atoms with van der Waals surface area (Å²) in [5.74, 6) is 1.42. The number of carbonyl (C=O) groups is 1. The summed E-state index contributed by atoms with van der Waals surface area (Å²) in [5, 5.41) is 0. The number of fused-ring (bicyclic) bond motifs is 2. The van der Waals surface area contributed by atoms with E-state index in [9.17, 15) is 4.79 Å². The van der Waals surface area contributed by atoms with Gasteiger partial charge in [0.1, 0.15) is 5.52 Å². The largest absolute Gasteiger partial charge is 0.318 e. The minimum atomic E-state index is -0.0168. The van der Waals surface area contributed by atoms with E-state index in [4.69, 9.17) is 0 Å². The van der Waals surface area contributed by atoms with Crippen molar-refractivity contribution >= 4 is 34.5 Å². The molecule has 1 aromatic carbocycles. The molecule has 0 unspecified atom stereocenters.